The Kier molecular flexibility index (Phi) is 4.62. The van der Waals surface area contributed by atoms with Gasteiger partial charge in [-0.05, 0) is 6.92 Å². The topological polar surface area (TPSA) is 72.5 Å². The summed E-state index contributed by atoms with van der Waals surface area (Å²) in [5.41, 5.74) is -5.52. The first-order valence-corrected chi connectivity index (χ1v) is 5.42. The van der Waals surface area contributed by atoms with Crippen molar-refractivity contribution in [2.24, 2.45) is 0 Å². The van der Waals surface area contributed by atoms with E-state index >= 15 is 0 Å². The Bertz CT molecular complexity index is 361. The molecular formula is C5H6F3NO4S2. The first-order valence-electron chi connectivity index (χ1n) is 3.19. The van der Waals surface area contributed by atoms with Crippen molar-refractivity contribution in [3.05, 3.63) is 12.2 Å². The third-order valence-electron chi connectivity index (χ3n) is 0.914. The first-order chi connectivity index (χ1) is 6.58. The van der Waals surface area contributed by atoms with Crippen LogP contribution in [0, 0.1) is 0 Å². The molecule has 88 valence electrons. The van der Waals surface area contributed by atoms with Crippen molar-refractivity contribution in [1.29, 1.82) is 0 Å². The average molecular weight is 265 g/mol. The molecule has 0 fully saturated rings. The Morgan fingerprint density at radius 2 is 1.93 bits per heavy atom. The van der Waals surface area contributed by atoms with Gasteiger partial charge in [-0.1, -0.05) is 6.58 Å². The van der Waals surface area contributed by atoms with E-state index < -0.39 is 21.5 Å². The standard InChI is InChI=1S/C5H6F3NO4S2/c1-3(2)4(10)13-14-9-15(11,12)5(6,7)8/h9H,1H2,2H3. The summed E-state index contributed by atoms with van der Waals surface area (Å²) in [5.74, 6) is -1.02. The van der Waals surface area contributed by atoms with Gasteiger partial charge in [0, 0.05) is 5.57 Å². The lowest BCUT2D eigenvalue weighted by Crippen LogP contribution is -2.32. The minimum atomic E-state index is -5.51. The van der Waals surface area contributed by atoms with Crippen molar-refractivity contribution in [1.82, 2.24) is 4.13 Å². The fourth-order valence-electron chi connectivity index (χ4n) is 0.218. The molecule has 15 heavy (non-hydrogen) atoms. The quantitative estimate of drug-likeness (QED) is 0.468. The largest absolute Gasteiger partial charge is 0.512 e. The highest BCUT2D eigenvalue weighted by Crippen LogP contribution is 2.23. The predicted octanol–water partition coefficient (Wildman–Crippen LogP) is 1.11. The molecule has 0 bridgehead atoms. The lowest BCUT2D eigenvalue weighted by molar-refractivity contribution is -0.128. The smallest absolute Gasteiger partial charge is 0.370 e. The van der Waals surface area contributed by atoms with Crippen LogP contribution in [-0.2, 0) is 19.0 Å². The molecule has 1 N–H and O–H groups in total. The zero-order valence-electron chi connectivity index (χ0n) is 7.29. The Morgan fingerprint density at radius 3 is 2.27 bits per heavy atom. The van der Waals surface area contributed by atoms with E-state index in [9.17, 15) is 26.4 Å². The van der Waals surface area contributed by atoms with Crippen molar-refractivity contribution in [3.8, 4) is 0 Å². The fourth-order valence-corrected chi connectivity index (χ4v) is 1.31. The molecule has 0 aliphatic rings. The molecule has 0 radical (unpaired) electrons. The molecule has 0 atom stereocenters. The molecule has 0 saturated heterocycles. The van der Waals surface area contributed by atoms with Crippen LogP contribution in [0.25, 0.3) is 0 Å². The third kappa shape index (κ3) is 4.53. The highest BCUT2D eigenvalue weighted by Gasteiger charge is 2.46. The molecule has 10 heteroatoms. The number of sulfonamides is 1. The maximum atomic E-state index is 11.7. The summed E-state index contributed by atoms with van der Waals surface area (Å²) < 4.78 is 60.7. The number of alkyl halides is 3. The summed E-state index contributed by atoms with van der Waals surface area (Å²) in [5, 5.41) is 0. The van der Waals surface area contributed by atoms with Gasteiger partial charge in [0.2, 0.25) is 0 Å². The van der Waals surface area contributed by atoms with E-state index in [1.54, 1.807) is 0 Å². The summed E-state index contributed by atoms with van der Waals surface area (Å²) in [4.78, 5) is 10.6. The third-order valence-corrected chi connectivity index (χ3v) is 2.91. The van der Waals surface area contributed by atoms with Gasteiger partial charge in [0.15, 0.2) is 12.2 Å². The van der Waals surface area contributed by atoms with E-state index in [4.69, 9.17) is 0 Å². The molecule has 0 spiro atoms. The van der Waals surface area contributed by atoms with Crippen molar-refractivity contribution in [3.63, 3.8) is 0 Å². The molecule has 0 aromatic carbocycles. The van der Waals surface area contributed by atoms with Crippen LogP contribution in [0.4, 0.5) is 13.2 Å². The van der Waals surface area contributed by atoms with Crippen LogP contribution in [0.15, 0.2) is 12.2 Å². The molecule has 0 aliphatic heterocycles. The van der Waals surface area contributed by atoms with Gasteiger partial charge in [0.05, 0.1) is 0 Å². The number of hydrogen-bond donors (Lipinski definition) is 1. The van der Waals surface area contributed by atoms with Gasteiger partial charge in [-0.25, -0.2) is 13.2 Å². The average Bonchev–Trinajstić information content (AvgIpc) is 2.01. The van der Waals surface area contributed by atoms with Gasteiger partial charge in [-0.2, -0.15) is 13.2 Å². The molecule has 0 rings (SSSR count). The van der Waals surface area contributed by atoms with Gasteiger partial charge in [0.25, 0.3) is 0 Å². The molecule has 0 heterocycles. The Hall–Kier alpha value is -0.740. The highest BCUT2D eigenvalue weighted by molar-refractivity contribution is 8.07. The fraction of sp³-hybridized carbons (Fsp3) is 0.400. The minimum absolute atomic E-state index is 0.0753. The molecule has 0 saturated carbocycles. The number of rotatable bonds is 4. The van der Waals surface area contributed by atoms with Gasteiger partial charge >= 0.3 is 21.5 Å². The normalized spacial score (nSPS) is 12.3. The van der Waals surface area contributed by atoms with Crippen molar-refractivity contribution in [2.75, 3.05) is 0 Å². The van der Waals surface area contributed by atoms with Crippen LogP contribution in [0.5, 0.6) is 0 Å². The number of hydrogen-bond acceptors (Lipinski definition) is 5. The molecule has 0 amide bonds. The molecule has 5 nitrogen and oxygen atoms in total. The van der Waals surface area contributed by atoms with E-state index in [0.29, 0.717) is 0 Å². The van der Waals surface area contributed by atoms with Crippen LogP contribution in [0.3, 0.4) is 0 Å². The second-order valence-electron chi connectivity index (χ2n) is 2.27. The highest BCUT2D eigenvalue weighted by atomic mass is 32.3. The summed E-state index contributed by atoms with van der Waals surface area (Å²) >= 11 is -0.345. The summed E-state index contributed by atoms with van der Waals surface area (Å²) in [6.45, 7) is 4.38. The van der Waals surface area contributed by atoms with Crippen LogP contribution < -0.4 is 4.13 Å². The van der Waals surface area contributed by atoms with Crippen molar-refractivity contribution in [2.45, 2.75) is 12.4 Å². The van der Waals surface area contributed by atoms with Crippen LogP contribution in [-0.4, -0.2) is 19.9 Å². The van der Waals surface area contributed by atoms with Gasteiger partial charge < -0.3 is 4.18 Å². The molecule has 0 aromatic heterocycles. The second-order valence-corrected chi connectivity index (χ2v) is 4.74. The number of carbonyl (C=O) groups excluding carboxylic acids is 1. The first kappa shape index (κ1) is 14.3. The Labute approximate surface area is 88.1 Å². The van der Waals surface area contributed by atoms with Crippen LogP contribution in [0.2, 0.25) is 0 Å². The van der Waals surface area contributed by atoms with E-state index in [1.165, 1.54) is 6.92 Å². The lowest BCUT2D eigenvalue weighted by Gasteiger charge is -2.07. The second kappa shape index (κ2) is 4.86. The summed E-state index contributed by atoms with van der Waals surface area (Å²) in [6, 6.07) is 0. The SMILES string of the molecule is C=C(C)C(=O)OSNS(=O)(=O)C(F)(F)F. The Morgan fingerprint density at radius 1 is 1.47 bits per heavy atom. The number of halogens is 3. The van der Waals surface area contributed by atoms with Crippen molar-refractivity contribution >= 4 is 28.2 Å². The van der Waals surface area contributed by atoms with Crippen molar-refractivity contribution < 1.29 is 30.6 Å². The lowest BCUT2D eigenvalue weighted by atomic mass is 10.4. The zero-order chi connectivity index (χ0) is 12.3. The summed E-state index contributed by atoms with van der Waals surface area (Å²) in [7, 11) is -5.51. The maximum absolute atomic E-state index is 11.7. The van der Waals surface area contributed by atoms with Crippen LogP contribution >= 0.6 is 12.2 Å². The Balaban J connectivity index is 4.20. The zero-order valence-corrected chi connectivity index (χ0v) is 8.92. The van der Waals surface area contributed by atoms with E-state index in [2.05, 4.69) is 10.8 Å². The molecular weight excluding hydrogens is 259 g/mol. The predicted molar refractivity (Wildman–Crippen MR) is 46.6 cm³/mol. The maximum Gasteiger partial charge on any atom is 0.512 e. The molecule has 0 aromatic rings. The minimum Gasteiger partial charge on any atom is -0.370 e. The van der Waals surface area contributed by atoms with Gasteiger partial charge in [-0.3, -0.25) is 0 Å². The van der Waals surface area contributed by atoms with Crippen LogP contribution in [0.1, 0.15) is 6.92 Å². The number of nitrogens with one attached hydrogen (secondary N) is 1. The van der Waals surface area contributed by atoms with E-state index in [1.807, 2.05) is 0 Å². The van der Waals surface area contributed by atoms with Gasteiger partial charge in [-0.15, -0.1) is 4.13 Å². The summed E-state index contributed by atoms with van der Waals surface area (Å²) in [6.07, 6.45) is 0. The van der Waals surface area contributed by atoms with E-state index in [0.717, 1.165) is 4.13 Å². The molecule has 0 aliphatic carbocycles. The van der Waals surface area contributed by atoms with Gasteiger partial charge in [0.1, 0.15) is 0 Å². The monoisotopic (exact) mass is 265 g/mol. The number of carbonyl (C=O) groups is 1. The molecule has 0 unspecified atom stereocenters. The van der Waals surface area contributed by atoms with E-state index in [-0.39, 0.29) is 17.8 Å².